The van der Waals surface area contributed by atoms with E-state index in [0.717, 1.165) is 6.54 Å². The van der Waals surface area contributed by atoms with E-state index in [2.05, 4.69) is 10.0 Å². The first-order valence-electron chi connectivity index (χ1n) is 7.28. The lowest BCUT2D eigenvalue weighted by Crippen LogP contribution is -2.49. The van der Waals surface area contributed by atoms with Crippen molar-refractivity contribution >= 4 is 10.0 Å². The number of hydrogen-bond donors (Lipinski definition) is 2. The molecule has 0 radical (unpaired) electrons. The highest BCUT2D eigenvalue weighted by atomic mass is 32.2. The van der Waals surface area contributed by atoms with Gasteiger partial charge in [-0.05, 0) is 33.2 Å². The minimum absolute atomic E-state index is 0.225. The van der Waals surface area contributed by atoms with Crippen LogP contribution in [0, 0.1) is 6.92 Å². The van der Waals surface area contributed by atoms with E-state index in [9.17, 15) is 8.42 Å². The molecule has 0 aliphatic carbocycles. The second-order valence-corrected chi connectivity index (χ2v) is 7.34. The lowest BCUT2D eigenvalue weighted by Gasteiger charge is -2.33. The molecule has 0 aromatic carbocycles. The highest BCUT2D eigenvalue weighted by Gasteiger charge is 2.34. The summed E-state index contributed by atoms with van der Waals surface area (Å²) in [5.74, 6) is 1.05. The summed E-state index contributed by atoms with van der Waals surface area (Å²) < 4.78 is 38.8. The van der Waals surface area contributed by atoms with Gasteiger partial charge in [0.05, 0.1) is 6.54 Å². The van der Waals surface area contributed by atoms with Crippen LogP contribution in [0.4, 0.5) is 0 Å². The number of nitrogens with one attached hydrogen (secondary N) is 2. The molecule has 1 aliphatic rings. The molecule has 1 fully saturated rings. The molecular formula is C14H24N2O4S. The highest BCUT2D eigenvalue weighted by Crippen LogP contribution is 2.26. The SMILES string of the molecule is CCNCc1cc(S(=O)(=O)NC2(C)CCOCC2)c(C)o1. The van der Waals surface area contributed by atoms with Gasteiger partial charge in [-0.25, -0.2) is 13.1 Å². The molecule has 2 heterocycles. The summed E-state index contributed by atoms with van der Waals surface area (Å²) in [5, 5.41) is 3.12. The van der Waals surface area contributed by atoms with Crippen molar-refractivity contribution in [2.45, 2.75) is 50.6 Å². The van der Waals surface area contributed by atoms with Crippen LogP contribution in [0.5, 0.6) is 0 Å². The number of ether oxygens (including phenoxy) is 1. The monoisotopic (exact) mass is 316 g/mol. The molecule has 0 atom stereocenters. The molecule has 0 amide bonds. The molecule has 1 aliphatic heterocycles. The van der Waals surface area contributed by atoms with Crippen molar-refractivity contribution in [3.63, 3.8) is 0 Å². The maximum Gasteiger partial charge on any atom is 0.244 e. The van der Waals surface area contributed by atoms with Crippen LogP contribution in [0.15, 0.2) is 15.4 Å². The fraction of sp³-hybridized carbons (Fsp3) is 0.714. The fourth-order valence-corrected chi connectivity index (χ4v) is 4.10. The van der Waals surface area contributed by atoms with Crippen molar-refractivity contribution in [1.29, 1.82) is 0 Å². The minimum atomic E-state index is -3.58. The van der Waals surface area contributed by atoms with Gasteiger partial charge < -0.3 is 14.5 Å². The van der Waals surface area contributed by atoms with Crippen LogP contribution in [0.1, 0.15) is 38.2 Å². The Morgan fingerprint density at radius 3 is 2.62 bits per heavy atom. The number of furan rings is 1. The van der Waals surface area contributed by atoms with Crippen LogP contribution in [0.3, 0.4) is 0 Å². The maximum atomic E-state index is 12.6. The van der Waals surface area contributed by atoms with Crippen molar-refractivity contribution in [1.82, 2.24) is 10.0 Å². The van der Waals surface area contributed by atoms with E-state index in [1.807, 2.05) is 13.8 Å². The first-order valence-corrected chi connectivity index (χ1v) is 8.76. The van der Waals surface area contributed by atoms with Gasteiger partial charge in [0.15, 0.2) is 0 Å². The van der Waals surface area contributed by atoms with Crippen molar-refractivity contribution < 1.29 is 17.6 Å². The van der Waals surface area contributed by atoms with Gasteiger partial charge in [-0.1, -0.05) is 6.92 Å². The van der Waals surface area contributed by atoms with Gasteiger partial charge in [-0.3, -0.25) is 0 Å². The summed E-state index contributed by atoms with van der Waals surface area (Å²) in [7, 11) is -3.58. The molecular weight excluding hydrogens is 292 g/mol. The third-order valence-electron chi connectivity index (χ3n) is 3.74. The van der Waals surface area contributed by atoms with Gasteiger partial charge in [-0.15, -0.1) is 0 Å². The van der Waals surface area contributed by atoms with E-state index in [1.54, 1.807) is 13.0 Å². The first kappa shape index (κ1) is 16.5. The Labute approximate surface area is 126 Å². The summed E-state index contributed by atoms with van der Waals surface area (Å²) in [4.78, 5) is 0.225. The normalized spacial score (nSPS) is 18.8. The Balaban J connectivity index is 2.17. The molecule has 0 saturated carbocycles. The standard InChI is InChI=1S/C14H24N2O4S/c1-4-15-10-12-9-13(11(2)20-12)21(17,18)16-14(3)5-7-19-8-6-14/h9,15-16H,4-8,10H2,1-3H3. The average molecular weight is 316 g/mol. The summed E-state index contributed by atoms with van der Waals surface area (Å²) in [5.41, 5.74) is -0.456. The summed E-state index contributed by atoms with van der Waals surface area (Å²) in [6, 6.07) is 1.60. The van der Waals surface area contributed by atoms with E-state index < -0.39 is 15.6 Å². The predicted molar refractivity (Wildman–Crippen MR) is 79.6 cm³/mol. The van der Waals surface area contributed by atoms with Gasteiger partial charge in [-0.2, -0.15) is 0 Å². The summed E-state index contributed by atoms with van der Waals surface area (Å²) >= 11 is 0. The van der Waals surface area contributed by atoms with E-state index in [-0.39, 0.29) is 4.90 Å². The van der Waals surface area contributed by atoms with E-state index in [4.69, 9.17) is 9.15 Å². The van der Waals surface area contributed by atoms with Gasteiger partial charge in [0, 0.05) is 24.8 Å². The molecule has 2 rings (SSSR count). The lowest BCUT2D eigenvalue weighted by molar-refractivity contribution is 0.0537. The Morgan fingerprint density at radius 2 is 2.00 bits per heavy atom. The van der Waals surface area contributed by atoms with E-state index in [1.165, 1.54) is 0 Å². The van der Waals surface area contributed by atoms with Gasteiger partial charge in [0.2, 0.25) is 10.0 Å². The molecule has 1 aromatic heterocycles. The molecule has 21 heavy (non-hydrogen) atoms. The molecule has 7 heteroatoms. The Hall–Kier alpha value is -0.890. The van der Waals surface area contributed by atoms with Crippen LogP contribution >= 0.6 is 0 Å². The number of hydrogen-bond acceptors (Lipinski definition) is 5. The van der Waals surface area contributed by atoms with Crippen molar-refractivity contribution in [2.24, 2.45) is 0 Å². The van der Waals surface area contributed by atoms with Crippen molar-refractivity contribution in [2.75, 3.05) is 19.8 Å². The van der Waals surface area contributed by atoms with E-state index in [0.29, 0.717) is 44.1 Å². The molecule has 120 valence electrons. The zero-order valence-electron chi connectivity index (χ0n) is 12.9. The average Bonchev–Trinajstić information content (AvgIpc) is 2.78. The Bertz CT molecular complexity index is 574. The van der Waals surface area contributed by atoms with Gasteiger partial charge in [0.1, 0.15) is 16.4 Å². The third kappa shape index (κ3) is 4.06. The number of rotatable bonds is 6. The minimum Gasteiger partial charge on any atom is -0.464 e. The van der Waals surface area contributed by atoms with Crippen LogP contribution < -0.4 is 10.0 Å². The molecule has 1 aromatic rings. The third-order valence-corrected chi connectivity index (χ3v) is 5.48. The van der Waals surface area contributed by atoms with Crippen molar-refractivity contribution in [3.05, 3.63) is 17.6 Å². The van der Waals surface area contributed by atoms with Crippen LogP contribution in [-0.2, 0) is 21.3 Å². The second-order valence-electron chi connectivity index (χ2n) is 5.69. The molecule has 1 saturated heterocycles. The van der Waals surface area contributed by atoms with Crippen LogP contribution in [0.2, 0.25) is 0 Å². The van der Waals surface area contributed by atoms with Gasteiger partial charge >= 0.3 is 0 Å². The predicted octanol–water partition coefficient (Wildman–Crippen LogP) is 1.54. The molecule has 2 N–H and O–H groups in total. The molecule has 0 bridgehead atoms. The molecule has 0 unspecified atom stereocenters. The highest BCUT2D eigenvalue weighted by molar-refractivity contribution is 7.89. The van der Waals surface area contributed by atoms with Crippen LogP contribution in [0.25, 0.3) is 0 Å². The maximum absolute atomic E-state index is 12.6. The topological polar surface area (TPSA) is 80.6 Å². The zero-order valence-corrected chi connectivity index (χ0v) is 13.7. The van der Waals surface area contributed by atoms with Gasteiger partial charge in [0.25, 0.3) is 0 Å². The largest absolute Gasteiger partial charge is 0.464 e. The quantitative estimate of drug-likeness (QED) is 0.832. The smallest absolute Gasteiger partial charge is 0.244 e. The molecule has 6 nitrogen and oxygen atoms in total. The zero-order chi connectivity index (χ0) is 15.5. The number of aryl methyl sites for hydroxylation is 1. The fourth-order valence-electron chi connectivity index (χ4n) is 2.43. The lowest BCUT2D eigenvalue weighted by atomic mass is 9.94. The first-order chi connectivity index (χ1) is 9.86. The summed E-state index contributed by atoms with van der Waals surface area (Å²) in [6.45, 7) is 8.07. The molecule has 0 spiro atoms. The van der Waals surface area contributed by atoms with E-state index >= 15 is 0 Å². The Kier molecular flexibility index (Phi) is 5.08. The number of sulfonamides is 1. The van der Waals surface area contributed by atoms with Crippen LogP contribution in [-0.4, -0.2) is 33.7 Å². The second kappa shape index (κ2) is 6.48. The Morgan fingerprint density at radius 1 is 1.33 bits per heavy atom. The van der Waals surface area contributed by atoms with Crippen molar-refractivity contribution in [3.8, 4) is 0 Å². The summed E-state index contributed by atoms with van der Waals surface area (Å²) in [6.07, 6.45) is 1.35.